The minimum atomic E-state index is 0.0848. The fraction of sp³-hybridized carbons (Fsp3) is 0.500. The molecule has 0 saturated carbocycles. The highest BCUT2D eigenvalue weighted by atomic mass is 32.2. The van der Waals surface area contributed by atoms with E-state index in [1.165, 1.54) is 0 Å². The maximum absolute atomic E-state index is 11.4. The van der Waals surface area contributed by atoms with Gasteiger partial charge in [-0.05, 0) is 25.0 Å². The Labute approximate surface area is 95.5 Å². The van der Waals surface area contributed by atoms with E-state index in [9.17, 15) is 4.79 Å². The first-order chi connectivity index (χ1) is 7.02. The van der Waals surface area contributed by atoms with Crippen molar-refractivity contribution >= 4 is 17.5 Å². The van der Waals surface area contributed by atoms with E-state index in [1.807, 2.05) is 6.07 Å². The van der Waals surface area contributed by atoms with Crippen molar-refractivity contribution in [2.24, 2.45) is 5.92 Å². The molecule has 0 aromatic carbocycles. The fourth-order valence-corrected chi connectivity index (χ4v) is 2.15. The number of aromatic nitrogens is 1. The highest BCUT2D eigenvalue weighted by Crippen LogP contribution is 2.28. The summed E-state index contributed by atoms with van der Waals surface area (Å²) in [5.41, 5.74) is 0.731. The van der Waals surface area contributed by atoms with Gasteiger partial charge in [0.1, 0.15) is 5.03 Å². The molecule has 0 amide bonds. The summed E-state index contributed by atoms with van der Waals surface area (Å²) in [4.78, 5) is 15.6. The van der Waals surface area contributed by atoms with E-state index in [1.54, 1.807) is 30.9 Å². The number of hydrogen-bond donors (Lipinski definition) is 0. The van der Waals surface area contributed by atoms with Crippen LogP contribution in [-0.2, 0) is 0 Å². The molecule has 1 unspecified atom stereocenters. The molecule has 82 valence electrons. The zero-order valence-electron chi connectivity index (χ0n) is 9.65. The number of ketones is 1. The number of thioether (sulfide) groups is 1. The normalized spacial score (nSPS) is 12.9. The predicted molar refractivity (Wildman–Crippen MR) is 64.4 cm³/mol. The van der Waals surface area contributed by atoms with Crippen LogP contribution in [0.1, 0.15) is 38.1 Å². The van der Waals surface area contributed by atoms with Crippen LogP contribution in [0.15, 0.2) is 23.4 Å². The Hall–Kier alpha value is -0.830. The molecular weight excluding hydrogens is 206 g/mol. The van der Waals surface area contributed by atoms with Crippen LogP contribution in [0.3, 0.4) is 0 Å². The van der Waals surface area contributed by atoms with Crippen LogP contribution in [0.5, 0.6) is 0 Å². The summed E-state index contributed by atoms with van der Waals surface area (Å²) in [5, 5.41) is 1.32. The summed E-state index contributed by atoms with van der Waals surface area (Å²) in [7, 11) is 0. The molecule has 1 aromatic heterocycles. The van der Waals surface area contributed by atoms with Crippen LogP contribution in [0, 0.1) is 5.92 Å². The highest BCUT2D eigenvalue weighted by Gasteiger charge is 2.14. The molecule has 0 bridgehead atoms. The quantitative estimate of drug-likeness (QED) is 0.578. The van der Waals surface area contributed by atoms with E-state index in [0.29, 0.717) is 11.2 Å². The molecule has 0 saturated heterocycles. The summed E-state index contributed by atoms with van der Waals surface area (Å²) in [5.74, 6) is 0.665. The summed E-state index contributed by atoms with van der Waals surface area (Å²) < 4.78 is 0. The Bertz CT molecular complexity index is 349. The lowest BCUT2D eigenvalue weighted by Crippen LogP contribution is -2.07. The number of Topliss-reactive ketones (excluding diaryl/α,β-unsaturated/α-hetero) is 1. The van der Waals surface area contributed by atoms with Crippen molar-refractivity contribution in [3.63, 3.8) is 0 Å². The molecule has 1 atom stereocenters. The third-order valence-electron chi connectivity index (χ3n) is 2.39. The van der Waals surface area contributed by atoms with Gasteiger partial charge in [0.2, 0.25) is 0 Å². The molecule has 0 N–H and O–H groups in total. The lowest BCUT2D eigenvalue weighted by molar-refractivity contribution is 0.101. The first-order valence-corrected chi connectivity index (χ1v) is 6.03. The van der Waals surface area contributed by atoms with Gasteiger partial charge in [0, 0.05) is 17.0 Å². The Kier molecular flexibility index (Phi) is 4.33. The van der Waals surface area contributed by atoms with Gasteiger partial charge in [0.15, 0.2) is 5.78 Å². The zero-order valence-corrected chi connectivity index (χ0v) is 10.5. The van der Waals surface area contributed by atoms with E-state index >= 15 is 0 Å². The average molecular weight is 223 g/mol. The molecule has 0 spiro atoms. The van der Waals surface area contributed by atoms with Crippen LogP contribution < -0.4 is 0 Å². The van der Waals surface area contributed by atoms with Crippen LogP contribution in [0.25, 0.3) is 0 Å². The van der Waals surface area contributed by atoms with E-state index in [-0.39, 0.29) is 5.78 Å². The molecule has 0 fully saturated rings. The number of hydrogen-bond acceptors (Lipinski definition) is 3. The van der Waals surface area contributed by atoms with Crippen molar-refractivity contribution in [2.75, 3.05) is 0 Å². The van der Waals surface area contributed by atoms with Crippen molar-refractivity contribution in [2.45, 2.75) is 38.0 Å². The Morgan fingerprint density at radius 1 is 1.40 bits per heavy atom. The van der Waals surface area contributed by atoms with Gasteiger partial charge in [0.05, 0.1) is 0 Å². The molecule has 0 aliphatic rings. The van der Waals surface area contributed by atoms with Crippen LogP contribution in [-0.4, -0.2) is 16.0 Å². The lowest BCUT2D eigenvalue weighted by Gasteiger charge is -2.15. The van der Waals surface area contributed by atoms with Gasteiger partial charge >= 0.3 is 0 Å². The van der Waals surface area contributed by atoms with Crippen LogP contribution >= 0.6 is 11.8 Å². The maximum Gasteiger partial charge on any atom is 0.162 e. The number of carbonyl (C=O) groups is 1. The third-order valence-corrected chi connectivity index (χ3v) is 3.85. The fourth-order valence-electron chi connectivity index (χ4n) is 1.06. The van der Waals surface area contributed by atoms with Gasteiger partial charge in [-0.15, -0.1) is 11.8 Å². The maximum atomic E-state index is 11.4. The van der Waals surface area contributed by atoms with Crippen molar-refractivity contribution in [1.82, 2.24) is 4.98 Å². The predicted octanol–water partition coefficient (Wildman–Crippen LogP) is 3.42. The number of rotatable bonds is 4. The minimum Gasteiger partial charge on any atom is -0.294 e. The lowest BCUT2D eigenvalue weighted by atomic mass is 10.2. The summed E-state index contributed by atoms with van der Waals surface area (Å²) in [6.45, 7) is 8.09. The second-order valence-corrected chi connectivity index (χ2v) is 5.35. The third kappa shape index (κ3) is 3.34. The monoisotopic (exact) mass is 223 g/mol. The first-order valence-electron chi connectivity index (χ1n) is 5.15. The molecule has 15 heavy (non-hydrogen) atoms. The van der Waals surface area contributed by atoms with Crippen molar-refractivity contribution < 1.29 is 4.79 Å². The van der Waals surface area contributed by atoms with Crippen LogP contribution in [0.4, 0.5) is 0 Å². The van der Waals surface area contributed by atoms with Gasteiger partial charge in [-0.1, -0.05) is 20.8 Å². The Morgan fingerprint density at radius 3 is 2.60 bits per heavy atom. The summed E-state index contributed by atoms with van der Waals surface area (Å²) in [6, 6.07) is 3.64. The minimum absolute atomic E-state index is 0.0848. The average Bonchev–Trinajstić information content (AvgIpc) is 2.18. The van der Waals surface area contributed by atoms with Crippen molar-refractivity contribution in [1.29, 1.82) is 0 Å². The second kappa shape index (κ2) is 5.31. The topological polar surface area (TPSA) is 30.0 Å². The van der Waals surface area contributed by atoms with Gasteiger partial charge in [0.25, 0.3) is 0 Å². The zero-order chi connectivity index (χ0) is 11.4. The SMILES string of the molecule is CC(=O)c1cccnc1SC(C)C(C)C. The smallest absolute Gasteiger partial charge is 0.162 e. The number of pyridine rings is 1. The molecule has 0 aliphatic carbocycles. The molecule has 1 heterocycles. The standard InChI is InChI=1S/C12H17NOS/c1-8(2)10(4)15-12-11(9(3)14)6-5-7-13-12/h5-8,10H,1-4H3. The first kappa shape index (κ1) is 12.2. The molecule has 2 nitrogen and oxygen atoms in total. The number of carbonyl (C=O) groups excluding carboxylic acids is 1. The van der Waals surface area contributed by atoms with E-state index in [0.717, 1.165) is 10.6 Å². The van der Waals surface area contributed by atoms with E-state index in [4.69, 9.17) is 0 Å². The van der Waals surface area contributed by atoms with E-state index in [2.05, 4.69) is 25.8 Å². The van der Waals surface area contributed by atoms with Gasteiger partial charge < -0.3 is 0 Å². The van der Waals surface area contributed by atoms with Gasteiger partial charge in [-0.2, -0.15) is 0 Å². The van der Waals surface area contributed by atoms with Crippen molar-refractivity contribution in [3.8, 4) is 0 Å². The van der Waals surface area contributed by atoms with Crippen LogP contribution in [0.2, 0.25) is 0 Å². The molecule has 3 heteroatoms. The summed E-state index contributed by atoms with van der Waals surface area (Å²) in [6.07, 6.45) is 1.74. The summed E-state index contributed by atoms with van der Waals surface area (Å²) >= 11 is 1.67. The molecule has 1 rings (SSSR count). The second-order valence-electron chi connectivity index (χ2n) is 3.98. The van der Waals surface area contributed by atoms with Gasteiger partial charge in [-0.3, -0.25) is 4.79 Å². The number of nitrogens with zero attached hydrogens (tertiary/aromatic N) is 1. The molecule has 1 aromatic rings. The Balaban J connectivity index is 2.89. The largest absolute Gasteiger partial charge is 0.294 e. The Morgan fingerprint density at radius 2 is 2.07 bits per heavy atom. The highest BCUT2D eigenvalue weighted by molar-refractivity contribution is 7.99. The molecule has 0 radical (unpaired) electrons. The van der Waals surface area contributed by atoms with Crippen molar-refractivity contribution in [3.05, 3.63) is 23.9 Å². The van der Waals surface area contributed by atoms with E-state index < -0.39 is 0 Å². The molecular formula is C12H17NOS. The molecule has 0 aliphatic heterocycles. The van der Waals surface area contributed by atoms with Gasteiger partial charge in [-0.25, -0.2) is 4.98 Å².